The summed E-state index contributed by atoms with van der Waals surface area (Å²) in [6.07, 6.45) is 12.3. The summed E-state index contributed by atoms with van der Waals surface area (Å²) in [6, 6.07) is 6.62. The maximum atomic E-state index is 12.0. The largest absolute Gasteiger partial charge is 0.380 e. The Morgan fingerprint density at radius 1 is 0.939 bits per heavy atom. The molecule has 9 heteroatoms. The minimum absolute atomic E-state index is 0.0875. The van der Waals surface area contributed by atoms with Crippen LogP contribution in [0.5, 0.6) is 5.75 Å². The highest BCUT2D eigenvalue weighted by Gasteiger charge is 2.09. The quantitative estimate of drug-likeness (QED) is 0.329. The standard InChI is InChI=1S/C24H41N3O5S/c25-33(29,30)32-23-13-11-22(12-14-23)15-16-26-24(28)10-8-6-4-2-1-3-5-7-9-17-27-18-20-31-21-19-27/h11-14H,1-10,15-21H2,(H,26,28)(H2,25,29,30). The Morgan fingerprint density at radius 3 is 2.12 bits per heavy atom. The number of morpholine rings is 1. The van der Waals surface area contributed by atoms with Gasteiger partial charge in [0.25, 0.3) is 0 Å². The number of benzene rings is 1. The second-order valence-electron chi connectivity index (χ2n) is 8.71. The van der Waals surface area contributed by atoms with Gasteiger partial charge in [0.2, 0.25) is 5.91 Å². The van der Waals surface area contributed by atoms with Crippen LogP contribution in [0.25, 0.3) is 0 Å². The SMILES string of the molecule is NS(=O)(=O)Oc1ccc(CCNC(=O)CCCCCCCCCCCN2CCOCC2)cc1. The molecule has 2 rings (SSSR count). The van der Waals surface area contributed by atoms with Crippen molar-refractivity contribution < 1.29 is 22.1 Å². The molecule has 1 heterocycles. The van der Waals surface area contributed by atoms with Gasteiger partial charge in [0.1, 0.15) is 5.75 Å². The minimum Gasteiger partial charge on any atom is -0.379 e. The molecule has 0 bridgehead atoms. The van der Waals surface area contributed by atoms with Crippen molar-refractivity contribution in [3.8, 4) is 5.75 Å². The molecular formula is C24H41N3O5S. The van der Waals surface area contributed by atoms with E-state index < -0.39 is 10.3 Å². The van der Waals surface area contributed by atoms with Crippen molar-refractivity contribution in [3.05, 3.63) is 29.8 Å². The lowest BCUT2D eigenvalue weighted by Crippen LogP contribution is -2.36. The van der Waals surface area contributed by atoms with Crippen LogP contribution in [0.2, 0.25) is 0 Å². The number of unbranched alkanes of at least 4 members (excludes halogenated alkanes) is 8. The molecule has 33 heavy (non-hydrogen) atoms. The Balaban J connectivity index is 1.37. The molecule has 0 spiro atoms. The van der Waals surface area contributed by atoms with E-state index in [1.54, 1.807) is 24.3 Å². The van der Waals surface area contributed by atoms with E-state index in [-0.39, 0.29) is 11.7 Å². The van der Waals surface area contributed by atoms with Crippen LogP contribution in [0.1, 0.15) is 69.8 Å². The predicted octanol–water partition coefficient (Wildman–Crippen LogP) is 3.16. The third kappa shape index (κ3) is 14.2. The third-order valence-electron chi connectivity index (χ3n) is 5.85. The van der Waals surface area contributed by atoms with Gasteiger partial charge in [-0.05, 0) is 43.5 Å². The molecule has 188 valence electrons. The maximum Gasteiger partial charge on any atom is 0.380 e. The van der Waals surface area contributed by atoms with Crippen molar-refractivity contribution in [2.45, 2.75) is 70.6 Å². The first-order valence-corrected chi connectivity index (χ1v) is 13.8. The summed E-state index contributed by atoms with van der Waals surface area (Å²) in [5.41, 5.74) is 0.984. The maximum absolute atomic E-state index is 12.0. The van der Waals surface area contributed by atoms with Crippen molar-refractivity contribution in [1.82, 2.24) is 10.2 Å². The van der Waals surface area contributed by atoms with Gasteiger partial charge in [-0.3, -0.25) is 9.69 Å². The number of rotatable bonds is 17. The van der Waals surface area contributed by atoms with Crippen molar-refractivity contribution in [1.29, 1.82) is 0 Å². The van der Waals surface area contributed by atoms with Gasteiger partial charge in [-0.25, -0.2) is 0 Å². The van der Waals surface area contributed by atoms with Gasteiger partial charge >= 0.3 is 10.3 Å². The number of nitrogens with zero attached hydrogens (tertiary/aromatic N) is 1. The Bertz CT molecular complexity index is 765. The number of carbonyl (C=O) groups is 1. The van der Waals surface area contributed by atoms with Crippen molar-refractivity contribution >= 4 is 16.2 Å². The fourth-order valence-electron chi connectivity index (χ4n) is 3.96. The van der Waals surface area contributed by atoms with E-state index in [0.717, 1.165) is 44.7 Å². The van der Waals surface area contributed by atoms with Crippen LogP contribution < -0.4 is 14.6 Å². The molecule has 1 aromatic rings. The normalized spacial score (nSPS) is 14.8. The first kappa shape index (κ1) is 27.6. The number of carbonyl (C=O) groups excluding carboxylic acids is 1. The number of nitrogens with two attached hydrogens (primary N) is 1. The summed E-state index contributed by atoms with van der Waals surface area (Å²) in [4.78, 5) is 14.5. The summed E-state index contributed by atoms with van der Waals surface area (Å²) in [6.45, 7) is 5.73. The Kier molecular flexibility index (Phi) is 13.4. The molecule has 1 aromatic carbocycles. The fraction of sp³-hybridized carbons (Fsp3) is 0.708. The van der Waals surface area contributed by atoms with Gasteiger partial charge < -0.3 is 14.2 Å². The van der Waals surface area contributed by atoms with Crippen LogP contribution in [-0.4, -0.2) is 58.6 Å². The summed E-state index contributed by atoms with van der Waals surface area (Å²) in [5, 5.41) is 7.78. The molecule has 0 aromatic heterocycles. The monoisotopic (exact) mass is 483 g/mol. The molecule has 0 unspecified atom stereocenters. The predicted molar refractivity (Wildman–Crippen MR) is 130 cm³/mol. The summed E-state index contributed by atoms with van der Waals surface area (Å²) in [5.74, 6) is 0.263. The van der Waals surface area contributed by atoms with Crippen LogP contribution in [0.4, 0.5) is 0 Å². The van der Waals surface area contributed by atoms with E-state index in [4.69, 9.17) is 9.88 Å². The highest BCUT2D eigenvalue weighted by Crippen LogP contribution is 2.14. The number of hydrogen-bond acceptors (Lipinski definition) is 6. The van der Waals surface area contributed by atoms with Gasteiger partial charge in [0.15, 0.2) is 0 Å². The highest BCUT2D eigenvalue weighted by molar-refractivity contribution is 7.84. The minimum atomic E-state index is -4.01. The summed E-state index contributed by atoms with van der Waals surface area (Å²) >= 11 is 0. The van der Waals surface area contributed by atoms with E-state index in [1.807, 2.05) is 0 Å². The molecule has 1 aliphatic rings. The van der Waals surface area contributed by atoms with Crippen LogP contribution in [0.15, 0.2) is 24.3 Å². The van der Waals surface area contributed by atoms with E-state index in [2.05, 4.69) is 14.4 Å². The molecule has 8 nitrogen and oxygen atoms in total. The molecule has 1 fully saturated rings. The number of amides is 1. The van der Waals surface area contributed by atoms with E-state index >= 15 is 0 Å². The van der Waals surface area contributed by atoms with Gasteiger partial charge in [-0.1, -0.05) is 57.1 Å². The van der Waals surface area contributed by atoms with Crippen LogP contribution in [0.3, 0.4) is 0 Å². The van der Waals surface area contributed by atoms with Crippen LogP contribution >= 0.6 is 0 Å². The Labute approximate surface area is 199 Å². The zero-order valence-corrected chi connectivity index (χ0v) is 20.6. The first-order chi connectivity index (χ1) is 15.9. The topological polar surface area (TPSA) is 111 Å². The van der Waals surface area contributed by atoms with Crippen molar-refractivity contribution in [3.63, 3.8) is 0 Å². The van der Waals surface area contributed by atoms with Gasteiger partial charge in [-0.2, -0.15) is 13.6 Å². The lowest BCUT2D eigenvalue weighted by Gasteiger charge is -2.26. The molecule has 1 saturated heterocycles. The van der Waals surface area contributed by atoms with Crippen molar-refractivity contribution in [2.24, 2.45) is 5.14 Å². The van der Waals surface area contributed by atoms with E-state index in [9.17, 15) is 13.2 Å². The average molecular weight is 484 g/mol. The molecule has 0 atom stereocenters. The zero-order chi connectivity index (χ0) is 23.8. The molecule has 0 radical (unpaired) electrons. The number of nitrogens with one attached hydrogen (secondary N) is 1. The summed E-state index contributed by atoms with van der Waals surface area (Å²) < 4.78 is 31.8. The third-order valence-corrected chi connectivity index (χ3v) is 6.28. The van der Waals surface area contributed by atoms with Crippen LogP contribution in [0, 0.1) is 0 Å². The number of ether oxygens (including phenoxy) is 1. The van der Waals surface area contributed by atoms with Gasteiger partial charge in [0, 0.05) is 26.1 Å². The molecule has 1 amide bonds. The lowest BCUT2D eigenvalue weighted by molar-refractivity contribution is -0.121. The first-order valence-electron chi connectivity index (χ1n) is 12.3. The van der Waals surface area contributed by atoms with Gasteiger partial charge in [-0.15, -0.1) is 0 Å². The highest BCUT2D eigenvalue weighted by atomic mass is 32.2. The van der Waals surface area contributed by atoms with Gasteiger partial charge in [0.05, 0.1) is 13.2 Å². The molecular weight excluding hydrogens is 442 g/mol. The van der Waals surface area contributed by atoms with Crippen LogP contribution in [-0.2, 0) is 26.3 Å². The van der Waals surface area contributed by atoms with E-state index in [0.29, 0.717) is 19.4 Å². The Hall–Kier alpha value is -1.68. The molecule has 1 aliphatic heterocycles. The lowest BCUT2D eigenvalue weighted by atomic mass is 10.1. The molecule has 0 saturated carbocycles. The molecule has 3 N–H and O–H groups in total. The fourth-order valence-corrected chi connectivity index (χ4v) is 4.34. The van der Waals surface area contributed by atoms with E-state index in [1.165, 1.54) is 51.5 Å². The average Bonchev–Trinajstić information content (AvgIpc) is 2.78. The number of hydrogen-bond donors (Lipinski definition) is 2. The zero-order valence-electron chi connectivity index (χ0n) is 19.8. The smallest absolute Gasteiger partial charge is 0.379 e. The summed E-state index contributed by atoms with van der Waals surface area (Å²) in [7, 11) is -4.01. The Morgan fingerprint density at radius 2 is 1.52 bits per heavy atom. The molecule has 0 aliphatic carbocycles. The second-order valence-corrected chi connectivity index (χ2v) is 9.86. The second kappa shape index (κ2) is 16.0. The van der Waals surface area contributed by atoms with Crippen molar-refractivity contribution in [2.75, 3.05) is 39.4 Å².